The van der Waals surface area contributed by atoms with Crippen LogP contribution in [0, 0.1) is 0 Å². The predicted molar refractivity (Wildman–Crippen MR) is 138 cm³/mol. The number of ether oxygens (including phenoxy) is 2. The van der Waals surface area contributed by atoms with Crippen molar-refractivity contribution in [3.63, 3.8) is 0 Å². The van der Waals surface area contributed by atoms with Gasteiger partial charge in [0.25, 0.3) is 5.91 Å². The molecule has 0 saturated carbocycles. The van der Waals surface area contributed by atoms with Gasteiger partial charge in [0.15, 0.2) is 11.5 Å². The van der Waals surface area contributed by atoms with Crippen molar-refractivity contribution in [2.75, 3.05) is 14.2 Å². The number of carbonyl (C=O) groups excluding carboxylic acids is 2. The minimum atomic E-state index is -1.12. The second-order valence-corrected chi connectivity index (χ2v) is 9.20. The van der Waals surface area contributed by atoms with Crippen molar-refractivity contribution in [1.29, 1.82) is 0 Å². The molecule has 5 rings (SSSR count). The smallest absolute Gasteiger partial charge is 0.271 e. The van der Waals surface area contributed by atoms with Crippen LogP contribution in [0.2, 0.25) is 0 Å². The largest absolute Gasteiger partial charge is 0.493 e. The number of para-hydroxylation sites is 1. The minimum absolute atomic E-state index is 0.190. The van der Waals surface area contributed by atoms with Gasteiger partial charge in [0, 0.05) is 24.0 Å². The topological polar surface area (TPSA) is 72.8 Å². The average molecular weight is 484 g/mol. The van der Waals surface area contributed by atoms with E-state index in [0.29, 0.717) is 30.3 Å². The fraction of sp³-hybridized carbons (Fsp3) is 0.241. The van der Waals surface area contributed by atoms with Crippen molar-refractivity contribution >= 4 is 22.7 Å². The molecule has 2 heterocycles. The Morgan fingerprint density at radius 1 is 0.917 bits per heavy atom. The zero-order valence-corrected chi connectivity index (χ0v) is 20.7. The molecule has 1 unspecified atom stereocenters. The normalized spacial score (nSPS) is 17.1. The molecule has 0 fully saturated rings. The number of nitrogens with one attached hydrogen (secondary N) is 1. The highest BCUT2D eigenvalue weighted by Gasteiger charge is 2.47. The van der Waals surface area contributed by atoms with E-state index in [1.807, 2.05) is 90.4 Å². The molecule has 4 aromatic rings. The van der Waals surface area contributed by atoms with E-state index < -0.39 is 5.54 Å². The van der Waals surface area contributed by atoms with Crippen LogP contribution in [0.5, 0.6) is 11.5 Å². The summed E-state index contributed by atoms with van der Waals surface area (Å²) in [6.45, 7) is 2.81. The second-order valence-electron chi connectivity index (χ2n) is 9.20. The monoisotopic (exact) mass is 483 g/mol. The van der Waals surface area contributed by atoms with Gasteiger partial charge in [-0.1, -0.05) is 54.6 Å². The Balaban J connectivity index is 1.53. The van der Waals surface area contributed by atoms with Crippen LogP contribution in [0.4, 0.5) is 0 Å². The van der Waals surface area contributed by atoms with Crippen LogP contribution in [-0.4, -0.2) is 41.0 Å². The lowest BCUT2D eigenvalue weighted by Crippen LogP contribution is -2.63. The summed E-state index contributed by atoms with van der Waals surface area (Å²) in [7, 11) is 3.16. The standard InChI is InChI=1S/C29H29N3O4/c1-29(28(34)30-17-20-9-5-4-6-10-20)19-31-23-12-8-7-11-22(23)16-24(31)27(33)32(29)18-21-13-14-25(35-2)26(15-21)36-3/h4-16H,17-19H2,1-3H3,(H,30,34). The first kappa shape index (κ1) is 23.5. The van der Waals surface area contributed by atoms with Gasteiger partial charge in [0.05, 0.1) is 20.8 Å². The summed E-state index contributed by atoms with van der Waals surface area (Å²) < 4.78 is 12.8. The lowest BCUT2D eigenvalue weighted by Gasteiger charge is -2.44. The highest BCUT2D eigenvalue weighted by molar-refractivity contribution is 6.03. The summed E-state index contributed by atoms with van der Waals surface area (Å²) in [5.41, 5.74) is 2.23. The highest BCUT2D eigenvalue weighted by atomic mass is 16.5. The maximum absolute atomic E-state index is 13.9. The molecule has 1 aromatic heterocycles. The van der Waals surface area contributed by atoms with Gasteiger partial charge in [0.1, 0.15) is 11.2 Å². The van der Waals surface area contributed by atoms with Crippen LogP contribution in [0.25, 0.3) is 10.9 Å². The molecule has 184 valence electrons. The van der Waals surface area contributed by atoms with Crippen molar-refractivity contribution in [2.45, 2.75) is 32.1 Å². The molecular weight excluding hydrogens is 454 g/mol. The van der Waals surface area contributed by atoms with Gasteiger partial charge >= 0.3 is 0 Å². The molecule has 36 heavy (non-hydrogen) atoms. The summed E-state index contributed by atoms with van der Waals surface area (Å²) in [5.74, 6) is 0.784. The Morgan fingerprint density at radius 2 is 1.64 bits per heavy atom. The number of amides is 2. The van der Waals surface area contributed by atoms with Crippen LogP contribution >= 0.6 is 0 Å². The Morgan fingerprint density at radius 3 is 2.39 bits per heavy atom. The van der Waals surface area contributed by atoms with E-state index in [-0.39, 0.29) is 18.4 Å². The third kappa shape index (κ3) is 4.06. The van der Waals surface area contributed by atoms with Gasteiger partial charge in [-0.2, -0.15) is 0 Å². The lowest BCUT2D eigenvalue weighted by molar-refractivity contribution is -0.133. The molecule has 1 aliphatic heterocycles. The molecule has 3 aromatic carbocycles. The van der Waals surface area contributed by atoms with Crippen LogP contribution in [-0.2, 0) is 24.4 Å². The Labute approximate surface area is 210 Å². The molecule has 0 spiro atoms. The molecule has 2 amide bonds. The third-order valence-corrected chi connectivity index (χ3v) is 6.91. The van der Waals surface area contributed by atoms with Crippen molar-refractivity contribution in [3.05, 3.63) is 95.7 Å². The van der Waals surface area contributed by atoms with Crippen LogP contribution < -0.4 is 14.8 Å². The number of fused-ring (bicyclic) bond motifs is 3. The second kappa shape index (κ2) is 9.41. The van der Waals surface area contributed by atoms with E-state index in [2.05, 4.69) is 5.32 Å². The molecule has 1 atom stereocenters. The first-order valence-corrected chi connectivity index (χ1v) is 11.9. The van der Waals surface area contributed by atoms with Gasteiger partial charge in [0.2, 0.25) is 5.91 Å². The molecular formula is C29H29N3O4. The summed E-state index contributed by atoms with van der Waals surface area (Å²) in [6.07, 6.45) is 0. The number of nitrogens with zero attached hydrogens (tertiary/aromatic N) is 2. The van der Waals surface area contributed by atoms with Crippen LogP contribution in [0.15, 0.2) is 78.9 Å². The molecule has 1 N–H and O–H groups in total. The van der Waals surface area contributed by atoms with E-state index in [9.17, 15) is 9.59 Å². The van der Waals surface area contributed by atoms with Crippen molar-refractivity contribution < 1.29 is 19.1 Å². The molecule has 0 saturated heterocycles. The third-order valence-electron chi connectivity index (χ3n) is 6.91. The Kier molecular flexibility index (Phi) is 6.14. The first-order valence-electron chi connectivity index (χ1n) is 11.9. The average Bonchev–Trinajstić information content (AvgIpc) is 3.28. The maximum atomic E-state index is 13.9. The molecule has 0 bridgehead atoms. The number of carbonyl (C=O) groups is 2. The zero-order valence-electron chi connectivity index (χ0n) is 20.7. The SMILES string of the molecule is COc1ccc(CN2C(=O)c3cc4ccccc4n3CC2(C)C(=O)NCc2ccccc2)cc1OC. The van der Waals surface area contributed by atoms with Crippen LogP contribution in [0.3, 0.4) is 0 Å². The number of benzene rings is 3. The summed E-state index contributed by atoms with van der Waals surface area (Å²) in [5, 5.41) is 4.04. The van der Waals surface area contributed by atoms with Crippen LogP contribution in [0.1, 0.15) is 28.5 Å². The van der Waals surface area contributed by atoms with Gasteiger partial charge in [-0.15, -0.1) is 0 Å². The van der Waals surface area contributed by atoms with Gasteiger partial charge < -0.3 is 24.3 Å². The van der Waals surface area contributed by atoms with Crippen molar-refractivity contribution in [3.8, 4) is 11.5 Å². The Bertz CT molecular complexity index is 1430. The zero-order chi connectivity index (χ0) is 25.3. The number of methoxy groups -OCH3 is 2. The molecule has 7 heteroatoms. The quantitative estimate of drug-likeness (QED) is 0.423. The van der Waals surface area contributed by atoms with Crippen molar-refractivity contribution in [1.82, 2.24) is 14.8 Å². The van der Waals surface area contributed by atoms with E-state index >= 15 is 0 Å². The van der Waals surface area contributed by atoms with E-state index in [1.165, 1.54) is 0 Å². The summed E-state index contributed by atoms with van der Waals surface area (Å²) in [4.78, 5) is 29.4. The summed E-state index contributed by atoms with van der Waals surface area (Å²) in [6, 6.07) is 25.1. The predicted octanol–water partition coefficient (Wildman–Crippen LogP) is 4.39. The van der Waals surface area contributed by atoms with E-state index in [1.54, 1.807) is 19.1 Å². The number of rotatable bonds is 7. The molecule has 7 nitrogen and oxygen atoms in total. The fourth-order valence-electron chi connectivity index (χ4n) is 4.88. The maximum Gasteiger partial charge on any atom is 0.271 e. The highest BCUT2D eigenvalue weighted by Crippen LogP contribution is 2.35. The van der Waals surface area contributed by atoms with Crippen molar-refractivity contribution in [2.24, 2.45) is 0 Å². The number of aromatic nitrogens is 1. The Hall–Kier alpha value is -4.26. The van der Waals surface area contributed by atoms with Gasteiger partial charge in [-0.25, -0.2) is 0 Å². The lowest BCUT2D eigenvalue weighted by atomic mass is 9.93. The minimum Gasteiger partial charge on any atom is -0.493 e. The summed E-state index contributed by atoms with van der Waals surface area (Å²) >= 11 is 0. The van der Waals surface area contributed by atoms with Gasteiger partial charge in [-0.05, 0) is 42.3 Å². The molecule has 1 aliphatic rings. The number of hydrogen-bond donors (Lipinski definition) is 1. The van der Waals surface area contributed by atoms with E-state index in [4.69, 9.17) is 9.47 Å². The fourth-order valence-corrected chi connectivity index (χ4v) is 4.88. The molecule has 0 aliphatic carbocycles. The van der Waals surface area contributed by atoms with Gasteiger partial charge in [-0.3, -0.25) is 9.59 Å². The number of hydrogen-bond acceptors (Lipinski definition) is 4. The first-order chi connectivity index (χ1) is 17.4. The van der Waals surface area contributed by atoms with E-state index in [0.717, 1.165) is 22.0 Å². The molecule has 0 radical (unpaired) electrons.